The predicted octanol–water partition coefficient (Wildman–Crippen LogP) is 3.50. The summed E-state index contributed by atoms with van der Waals surface area (Å²) in [6, 6.07) is 11.1. The number of carbonyl (C=O) groups excluding carboxylic acids is 1. The van der Waals surface area contributed by atoms with Crippen LogP contribution in [0.25, 0.3) is 49.8 Å². The van der Waals surface area contributed by atoms with Gasteiger partial charge in [0, 0.05) is 28.6 Å². The van der Waals surface area contributed by atoms with Gasteiger partial charge in [-0.15, -0.1) is 4.79 Å². The fourth-order valence-corrected chi connectivity index (χ4v) is 3.84. The fraction of sp³-hybridized carbons (Fsp3) is 0. The largest absolute Gasteiger partial charge is 0.462 e. The highest BCUT2D eigenvalue weighted by atomic mass is 19.2. The number of para-hydroxylation sites is 1. The summed E-state index contributed by atoms with van der Waals surface area (Å²) < 4.78 is 22.9. The lowest BCUT2D eigenvalue weighted by molar-refractivity contribution is 0.0990. The van der Waals surface area contributed by atoms with E-state index in [2.05, 4.69) is 15.0 Å². The first kappa shape index (κ1) is 15.8. The van der Waals surface area contributed by atoms with Crippen LogP contribution in [0, 0.1) is 0 Å². The number of halogens is 1. The van der Waals surface area contributed by atoms with Crippen molar-refractivity contribution in [3.63, 3.8) is 0 Å². The first-order valence-corrected chi connectivity index (χ1v) is 8.74. The number of furan rings is 1. The average molecular weight is 386 g/mol. The maximum atomic E-state index is 15.6. The summed E-state index contributed by atoms with van der Waals surface area (Å²) in [6.45, 7) is 0. The van der Waals surface area contributed by atoms with Crippen LogP contribution in [0.4, 0.5) is 4.48 Å². The number of hydrogen-bond acceptors (Lipinski definition) is 5. The van der Waals surface area contributed by atoms with E-state index in [4.69, 9.17) is 10.2 Å². The molecule has 0 unspecified atom stereocenters. The van der Waals surface area contributed by atoms with Crippen LogP contribution < -0.4 is 5.73 Å². The Kier molecular flexibility index (Phi) is 2.92. The molecule has 1 amide bonds. The Morgan fingerprint density at radius 3 is 2.72 bits per heavy atom. The maximum absolute atomic E-state index is 15.6. The van der Waals surface area contributed by atoms with Gasteiger partial charge in [0.1, 0.15) is 17.5 Å². The fourth-order valence-electron chi connectivity index (χ4n) is 3.84. The molecule has 0 saturated heterocycles. The number of pyridine rings is 1. The van der Waals surface area contributed by atoms with Gasteiger partial charge >= 0.3 is 0 Å². The maximum Gasteiger partial charge on any atom is 0.286 e. The summed E-state index contributed by atoms with van der Waals surface area (Å²) >= 11 is 0. The first-order valence-electron chi connectivity index (χ1n) is 8.74. The Morgan fingerprint density at radius 1 is 1.03 bits per heavy atom. The number of carbonyl (C=O) groups is 1. The topological polar surface area (TPSA) is 105 Å². The number of amides is 1. The van der Waals surface area contributed by atoms with Gasteiger partial charge in [-0.05, 0) is 24.3 Å². The van der Waals surface area contributed by atoms with Crippen LogP contribution >= 0.6 is 0 Å². The Bertz CT molecular complexity index is 1610. The molecule has 0 fully saturated rings. The van der Waals surface area contributed by atoms with Crippen LogP contribution in [-0.4, -0.2) is 30.2 Å². The van der Waals surface area contributed by atoms with Crippen molar-refractivity contribution in [2.75, 3.05) is 0 Å². The number of fused-ring (bicyclic) bond motifs is 6. The molecule has 0 spiro atoms. The van der Waals surface area contributed by atoms with E-state index in [1.165, 1.54) is 6.20 Å². The molecule has 1 aromatic carbocycles. The molecule has 140 valence electrons. The van der Waals surface area contributed by atoms with Crippen molar-refractivity contribution in [3.05, 3.63) is 60.9 Å². The molecule has 6 aromatic rings. The molecule has 2 N–H and O–H groups in total. The second-order valence-electron chi connectivity index (χ2n) is 6.60. The first-order chi connectivity index (χ1) is 14.1. The molecule has 0 aliphatic carbocycles. The van der Waals surface area contributed by atoms with Gasteiger partial charge in [-0.3, -0.25) is 9.36 Å². The van der Waals surface area contributed by atoms with Crippen molar-refractivity contribution in [2.24, 2.45) is 5.73 Å². The normalized spacial score (nSPS) is 11.9. The van der Waals surface area contributed by atoms with Gasteiger partial charge in [-0.2, -0.15) is 0 Å². The molecule has 0 atom stereocenters. The molecule has 0 aliphatic heterocycles. The van der Waals surface area contributed by atoms with Gasteiger partial charge in [0.2, 0.25) is 5.82 Å². The molecule has 5 aromatic heterocycles. The second kappa shape index (κ2) is 5.38. The van der Waals surface area contributed by atoms with E-state index < -0.39 is 5.91 Å². The van der Waals surface area contributed by atoms with E-state index in [1.54, 1.807) is 23.1 Å². The van der Waals surface area contributed by atoms with E-state index in [0.717, 1.165) is 10.8 Å². The average Bonchev–Trinajstić information content (AvgIpc) is 3.39. The Morgan fingerprint density at radius 2 is 1.86 bits per heavy atom. The monoisotopic (exact) mass is 386 g/mol. The molecule has 0 radical (unpaired) electrons. The van der Waals surface area contributed by atoms with Crippen molar-refractivity contribution in [3.8, 4) is 5.69 Å². The second-order valence-corrected chi connectivity index (χ2v) is 6.60. The number of rotatable bonds is 2. The van der Waals surface area contributed by atoms with Crippen LogP contribution in [0.3, 0.4) is 0 Å². The Balaban J connectivity index is 1.85. The molecule has 9 heteroatoms. The molecule has 5 heterocycles. The van der Waals surface area contributed by atoms with Gasteiger partial charge < -0.3 is 10.2 Å². The van der Waals surface area contributed by atoms with E-state index in [9.17, 15) is 4.79 Å². The molecule has 0 aliphatic rings. The minimum Gasteiger partial charge on any atom is -0.462 e. The van der Waals surface area contributed by atoms with Gasteiger partial charge in [-0.25, -0.2) is 15.0 Å². The summed E-state index contributed by atoms with van der Waals surface area (Å²) in [6.07, 6.45) is 4.62. The number of nitrogens with zero attached hydrogens (tertiary/aromatic N) is 5. The minimum atomic E-state index is -0.826. The number of nitrogens with two attached hydrogens (primary N) is 1. The van der Waals surface area contributed by atoms with Crippen molar-refractivity contribution < 1.29 is 13.7 Å². The van der Waals surface area contributed by atoms with Gasteiger partial charge in [0.05, 0.1) is 11.1 Å². The highest BCUT2D eigenvalue weighted by Crippen LogP contribution is 2.39. The van der Waals surface area contributed by atoms with Crippen LogP contribution in [0.1, 0.15) is 10.6 Å². The third-order valence-electron chi connectivity index (χ3n) is 5.03. The highest BCUT2D eigenvalue weighted by Gasteiger charge is 2.25. The highest BCUT2D eigenvalue weighted by molar-refractivity contribution is 6.20. The number of aromatic nitrogens is 5. The zero-order valence-electron chi connectivity index (χ0n) is 14.7. The van der Waals surface area contributed by atoms with Crippen molar-refractivity contribution in [1.29, 1.82) is 0 Å². The van der Waals surface area contributed by atoms with Crippen LogP contribution in [0.15, 0.2) is 59.5 Å². The smallest absolute Gasteiger partial charge is 0.286 e. The number of primary amides is 1. The van der Waals surface area contributed by atoms with Crippen molar-refractivity contribution in [2.45, 2.75) is 0 Å². The summed E-state index contributed by atoms with van der Waals surface area (Å²) in [5, 5.41) is 2.58. The van der Waals surface area contributed by atoms with Crippen LogP contribution in [0.5, 0.6) is 0 Å². The zero-order valence-corrected chi connectivity index (χ0v) is 14.7. The Labute approximate surface area is 160 Å². The summed E-state index contributed by atoms with van der Waals surface area (Å²) in [4.78, 5) is 24.4. The van der Waals surface area contributed by atoms with Crippen molar-refractivity contribution >= 4 is 50.0 Å². The predicted molar refractivity (Wildman–Crippen MR) is 104 cm³/mol. The third-order valence-corrected chi connectivity index (χ3v) is 5.03. The summed E-state index contributed by atoms with van der Waals surface area (Å²) in [5.74, 6) is -1.08. The minimum absolute atomic E-state index is 0.0360. The number of benzene rings is 1. The van der Waals surface area contributed by atoms with Gasteiger partial charge in [0.25, 0.3) is 5.91 Å². The van der Waals surface area contributed by atoms with Crippen LogP contribution in [0.2, 0.25) is 0 Å². The third kappa shape index (κ3) is 1.95. The van der Waals surface area contributed by atoms with Crippen molar-refractivity contribution in [1.82, 2.24) is 24.3 Å². The summed E-state index contributed by atoms with van der Waals surface area (Å²) in [7, 11) is 0. The SMILES string of the molecule is NC(=O)c1ncc2c3c4cccnc4n(-c4coc5ccccc45)c3n(F)c2n1. The molecule has 0 saturated carbocycles. The van der Waals surface area contributed by atoms with Gasteiger partial charge in [-0.1, -0.05) is 16.6 Å². The van der Waals surface area contributed by atoms with Gasteiger partial charge in [0.15, 0.2) is 11.3 Å². The lowest BCUT2D eigenvalue weighted by atomic mass is 10.2. The molecule has 29 heavy (non-hydrogen) atoms. The Hall–Kier alpha value is -4.27. The number of hydrogen-bond donors (Lipinski definition) is 1. The molecule has 0 bridgehead atoms. The molecular weight excluding hydrogens is 375 g/mol. The lowest BCUT2D eigenvalue weighted by Gasteiger charge is -2.04. The van der Waals surface area contributed by atoms with Crippen LogP contribution in [-0.2, 0) is 0 Å². The van der Waals surface area contributed by atoms with E-state index in [0.29, 0.717) is 32.5 Å². The van der Waals surface area contributed by atoms with E-state index in [1.807, 2.05) is 30.3 Å². The molecule has 8 nitrogen and oxygen atoms in total. The lowest BCUT2D eigenvalue weighted by Crippen LogP contribution is -2.15. The quantitative estimate of drug-likeness (QED) is 0.490. The van der Waals surface area contributed by atoms with E-state index in [-0.39, 0.29) is 17.1 Å². The van der Waals surface area contributed by atoms with E-state index >= 15 is 4.48 Å². The zero-order chi connectivity index (χ0) is 19.7. The molecule has 6 rings (SSSR count). The standard InChI is InChI=1S/C20H11FN6O2/c21-27-19-12(8-24-17(25-19)16(22)28)15-11-5-3-7-23-18(11)26(20(15)27)13-9-29-14-6-2-1-4-10(13)14/h1-9H,(H2,22,28). The molecular formula is C20H11FN6O2. The summed E-state index contributed by atoms with van der Waals surface area (Å²) in [5.41, 5.74) is 7.32.